The van der Waals surface area contributed by atoms with Crippen LogP contribution in [0.2, 0.25) is 0 Å². The van der Waals surface area contributed by atoms with Crippen LogP contribution in [0.25, 0.3) is 10.8 Å². The molecule has 0 spiro atoms. The molecular weight excluding hydrogens is 308 g/mol. The summed E-state index contributed by atoms with van der Waals surface area (Å²) < 4.78 is 0. The van der Waals surface area contributed by atoms with Crippen molar-refractivity contribution < 1.29 is 4.79 Å². The predicted octanol–water partition coefficient (Wildman–Crippen LogP) is 4.35. The van der Waals surface area contributed by atoms with Crippen molar-refractivity contribution in [3.8, 4) is 0 Å². The highest BCUT2D eigenvalue weighted by Gasteiger charge is 2.45. The minimum Gasteiger partial charge on any atom is -0.336 e. The third-order valence-electron chi connectivity index (χ3n) is 6.80. The van der Waals surface area contributed by atoms with Gasteiger partial charge in [-0.25, -0.2) is 0 Å². The Morgan fingerprint density at radius 2 is 1.80 bits per heavy atom. The number of piperidine rings is 1. The van der Waals surface area contributed by atoms with Crippen molar-refractivity contribution in [1.29, 1.82) is 0 Å². The van der Waals surface area contributed by atoms with Gasteiger partial charge < -0.3 is 4.90 Å². The van der Waals surface area contributed by atoms with Gasteiger partial charge in [-0.3, -0.25) is 9.78 Å². The number of fused-ring (bicyclic) bond motifs is 3. The molecule has 3 fully saturated rings. The molecule has 1 aliphatic carbocycles. The number of pyridine rings is 1. The van der Waals surface area contributed by atoms with E-state index in [1.807, 2.05) is 6.20 Å². The second kappa shape index (κ2) is 6.12. The summed E-state index contributed by atoms with van der Waals surface area (Å²) in [5, 5.41) is 2.58. The van der Waals surface area contributed by atoms with Crippen LogP contribution in [0.1, 0.15) is 50.5 Å². The predicted molar refractivity (Wildman–Crippen MR) is 99.2 cm³/mol. The number of benzene rings is 1. The van der Waals surface area contributed by atoms with Crippen LogP contribution in [0, 0.1) is 11.8 Å². The molecule has 1 saturated carbocycles. The summed E-state index contributed by atoms with van der Waals surface area (Å²) in [4.78, 5) is 19.6. The zero-order valence-electron chi connectivity index (χ0n) is 14.7. The van der Waals surface area contributed by atoms with Crippen LogP contribution >= 0.6 is 0 Å². The lowest BCUT2D eigenvalue weighted by molar-refractivity contribution is -0.143. The molecule has 3 heterocycles. The number of carbonyl (C=O) groups excluding carboxylic acids is 1. The average Bonchev–Trinajstić information content (AvgIpc) is 2.85. The molecule has 0 N–H and O–H groups in total. The Morgan fingerprint density at radius 3 is 2.52 bits per heavy atom. The molecule has 2 aliphatic heterocycles. The van der Waals surface area contributed by atoms with Crippen molar-refractivity contribution in [2.24, 2.45) is 11.8 Å². The average molecular weight is 334 g/mol. The molecule has 2 aromatic rings. The summed E-state index contributed by atoms with van der Waals surface area (Å²) in [7, 11) is 0. The second-order valence-corrected chi connectivity index (χ2v) is 8.32. The number of aromatic nitrogens is 1. The fourth-order valence-electron chi connectivity index (χ4n) is 5.34. The summed E-state index contributed by atoms with van der Waals surface area (Å²) in [5.41, 5.74) is 1.38. The lowest BCUT2D eigenvalue weighted by Gasteiger charge is -2.42. The van der Waals surface area contributed by atoms with Crippen LogP contribution in [0.3, 0.4) is 0 Å². The van der Waals surface area contributed by atoms with Crippen LogP contribution in [-0.4, -0.2) is 27.9 Å². The van der Waals surface area contributed by atoms with Gasteiger partial charge in [-0.1, -0.05) is 30.7 Å². The molecule has 2 unspecified atom stereocenters. The highest BCUT2D eigenvalue weighted by molar-refractivity contribution is 5.84. The molecule has 130 valence electrons. The fourth-order valence-corrected chi connectivity index (χ4v) is 5.34. The SMILES string of the molecule is O=C(C1CCC1)N1C2CCC1CC(Cc1cncc3ccccc13)C2. The topological polar surface area (TPSA) is 33.2 Å². The first-order valence-corrected chi connectivity index (χ1v) is 9.93. The number of amides is 1. The third kappa shape index (κ3) is 2.65. The highest BCUT2D eigenvalue weighted by atomic mass is 16.2. The molecule has 0 radical (unpaired) electrons. The Bertz CT molecular complexity index is 778. The third-order valence-corrected chi connectivity index (χ3v) is 6.80. The first-order chi connectivity index (χ1) is 12.3. The van der Waals surface area contributed by atoms with Gasteiger partial charge in [0.2, 0.25) is 5.91 Å². The van der Waals surface area contributed by atoms with Crippen molar-refractivity contribution in [3.63, 3.8) is 0 Å². The van der Waals surface area contributed by atoms with E-state index in [0.29, 0.717) is 29.8 Å². The lowest BCUT2D eigenvalue weighted by atomic mass is 9.81. The summed E-state index contributed by atoms with van der Waals surface area (Å²) >= 11 is 0. The summed E-state index contributed by atoms with van der Waals surface area (Å²) in [6, 6.07) is 9.57. The molecule has 3 nitrogen and oxygen atoms in total. The van der Waals surface area contributed by atoms with Gasteiger partial charge in [0.05, 0.1) is 0 Å². The van der Waals surface area contributed by atoms with Crippen LogP contribution < -0.4 is 0 Å². The Kier molecular flexibility index (Phi) is 3.76. The quantitative estimate of drug-likeness (QED) is 0.836. The molecule has 1 aromatic carbocycles. The Labute approximate surface area is 149 Å². The van der Waals surface area contributed by atoms with E-state index in [1.165, 1.54) is 48.4 Å². The molecular formula is C22H26N2O. The zero-order valence-corrected chi connectivity index (χ0v) is 14.7. The largest absolute Gasteiger partial charge is 0.336 e. The molecule has 3 heteroatoms. The van der Waals surface area contributed by atoms with Crippen molar-refractivity contribution in [2.75, 3.05) is 0 Å². The molecule has 1 amide bonds. The van der Waals surface area contributed by atoms with Crippen molar-refractivity contribution in [1.82, 2.24) is 9.88 Å². The monoisotopic (exact) mass is 334 g/mol. The maximum atomic E-state index is 12.8. The molecule has 25 heavy (non-hydrogen) atoms. The van der Waals surface area contributed by atoms with Gasteiger partial charge in [-0.15, -0.1) is 0 Å². The number of carbonyl (C=O) groups is 1. The summed E-state index contributed by atoms with van der Waals surface area (Å²) in [6.45, 7) is 0. The van der Waals surface area contributed by atoms with Crippen molar-refractivity contribution >= 4 is 16.7 Å². The zero-order chi connectivity index (χ0) is 16.8. The van der Waals surface area contributed by atoms with E-state index in [-0.39, 0.29) is 0 Å². The number of hydrogen-bond acceptors (Lipinski definition) is 2. The normalized spacial score (nSPS) is 29.0. The maximum Gasteiger partial charge on any atom is 0.226 e. The Balaban J connectivity index is 1.33. The van der Waals surface area contributed by atoms with Crippen molar-refractivity contribution in [2.45, 2.75) is 63.5 Å². The van der Waals surface area contributed by atoms with Gasteiger partial charge in [0.25, 0.3) is 0 Å². The summed E-state index contributed by atoms with van der Waals surface area (Å²) in [6.07, 6.45) is 13.4. The van der Waals surface area contributed by atoms with Crippen LogP contribution in [-0.2, 0) is 11.2 Å². The van der Waals surface area contributed by atoms with E-state index in [0.717, 1.165) is 19.3 Å². The van der Waals surface area contributed by atoms with Gasteiger partial charge in [0.1, 0.15) is 0 Å². The van der Waals surface area contributed by atoms with Crippen LogP contribution in [0.5, 0.6) is 0 Å². The molecule has 3 aliphatic rings. The van der Waals surface area contributed by atoms with E-state index in [1.54, 1.807) is 0 Å². The Morgan fingerprint density at radius 1 is 1.04 bits per heavy atom. The molecule has 5 rings (SSSR count). The minimum absolute atomic E-state index is 0.349. The number of nitrogens with zero attached hydrogens (tertiary/aromatic N) is 2. The van der Waals surface area contributed by atoms with E-state index >= 15 is 0 Å². The van der Waals surface area contributed by atoms with Crippen LogP contribution in [0.4, 0.5) is 0 Å². The number of rotatable bonds is 3. The first-order valence-electron chi connectivity index (χ1n) is 9.93. The summed E-state index contributed by atoms with van der Waals surface area (Å²) in [5.74, 6) is 1.52. The lowest BCUT2D eigenvalue weighted by Crippen LogP contribution is -2.50. The smallest absolute Gasteiger partial charge is 0.226 e. The first kappa shape index (κ1) is 15.4. The van der Waals surface area contributed by atoms with Crippen LogP contribution in [0.15, 0.2) is 36.7 Å². The molecule has 2 bridgehead atoms. The van der Waals surface area contributed by atoms with Crippen molar-refractivity contribution in [3.05, 3.63) is 42.2 Å². The fraction of sp³-hybridized carbons (Fsp3) is 0.545. The van der Waals surface area contributed by atoms with Gasteiger partial charge >= 0.3 is 0 Å². The minimum atomic E-state index is 0.349. The molecule has 2 saturated heterocycles. The standard InChI is InChI=1S/C22H26N2O/c25-22(16-5-3-6-16)24-19-8-9-20(24)12-15(11-19)10-18-14-23-13-17-4-1-2-7-21(17)18/h1-2,4,7,13-16,19-20H,3,5-6,8-12H2. The maximum absolute atomic E-state index is 12.8. The van der Waals surface area contributed by atoms with E-state index in [4.69, 9.17) is 0 Å². The van der Waals surface area contributed by atoms with Gasteiger partial charge in [0, 0.05) is 35.8 Å². The van der Waals surface area contributed by atoms with Gasteiger partial charge in [-0.2, -0.15) is 0 Å². The second-order valence-electron chi connectivity index (χ2n) is 8.32. The van der Waals surface area contributed by atoms with E-state index in [9.17, 15) is 4.79 Å². The van der Waals surface area contributed by atoms with E-state index < -0.39 is 0 Å². The molecule has 2 atom stereocenters. The highest BCUT2D eigenvalue weighted by Crippen LogP contribution is 2.42. The molecule has 1 aromatic heterocycles. The Hall–Kier alpha value is -1.90. The number of hydrogen-bond donors (Lipinski definition) is 0. The van der Waals surface area contributed by atoms with Gasteiger partial charge in [0.15, 0.2) is 0 Å². The van der Waals surface area contributed by atoms with E-state index in [2.05, 4.69) is 40.3 Å². The van der Waals surface area contributed by atoms with Gasteiger partial charge in [-0.05, 0) is 61.8 Å².